The number of hydrogen-bond donors (Lipinski definition) is 0. The van der Waals surface area contributed by atoms with Crippen LogP contribution in [0.15, 0.2) is 12.3 Å². The molecule has 0 spiro atoms. The second kappa shape index (κ2) is 8.96. The molecule has 19 heavy (non-hydrogen) atoms. The van der Waals surface area contributed by atoms with Gasteiger partial charge in [-0.25, -0.2) is 8.42 Å². The Morgan fingerprint density at radius 1 is 1.32 bits per heavy atom. The Bertz CT molecular complexity index is 386. The van der Waals surface area contributed by atoms with Crippen LogP contribution in [-0.4, -0.2) is 39.6 Å². The van der Waals surface area contributed by atoms with E-state index >= 15 is 0 Å². The minimum absolute atomic E-state index is 0.00699. The number of rotatable bonds is 10. The van der Waals surface area contributed by atoms with E-state index in [1.165, 1.54) is 7.11 Å². The van der Waals surface area contributed by atoms with Crippen LogP contribution in [0.1, 0.15) is 39.0 Å². The van der Waals surface area contributed by atoms with Gasteiger partial charge >= 0.3 is 5.97 Å². The normalized spacial score (nSPS) is 12.8. The predicted molar refractivity (Wildman–Crippen MR) is 74.5 cm³/mol. The first-order valence-corrected chi connectivity index (χ1v) is 8.46. The molecule has 0 fully saturated rings. The maximum absolute atomic E-state index is 11.6. The number of esters is 1. The van der Waals surface area contributed by atoms with Gasteiger partial charge in [-0.15, -0.1) is 0 Å². The fourth-order valence-corrected chi connectivity index (χ4v) is 2.17. The Morgan fingerprint density at radius 2 is 1.95 bits per heavy atom. The smallest absolute Gasteiger partial charge is 0.306 e. The number of hydrogen-bond acceptors (Lipinski definition) is 5. The third-order valence-electron chi connectivity index (χ3n) is 2.61. The van der Waals surface area contributed by atoms with Crippen molar-refractivity contribution in [3.05, 3.63) is 12.3 Å². The first-order chi connectivity index (χ1) is 8.80. The molecule has 0 aromatic rings. The minimum Gasteiger partial charge on any atom is -0.498 e. The Morgan fingerprint density at radius 3 is 2.42 bits per heavy atom. The molecule has 0 aromatic carbocycles. The number of carbonyl (C=O) groups excluding carboxylic acids is 1. The highest BCUT2D eigenvalue weighted by atomic mass is 32.2. The zero-order valence-electron chi connectivity index (χ0n) is 12.0. The summed E-state index contributed by atoms with van der Waals surface area (Å²) in [6, 6.07) is 0. The Labute approximate surface area is 115 Å². The molecule has 0 aliphatic rings. The van der Waals surface area contributed by atoms with E-state index in [-0.39, 0.29) is 18.6 Å². The number of sulfone groups is 1. The summed E-state index contributed by atoms with van der Waals surface area (Å²) in [6.45, 7) is 5.75. The first kappa shape index (κ1) is 18.0. The molecule has 0 aliphatic carbocycles. The lowest BCUT2D eigenvalue weighted by Gasteiger charge is -2.18. The van der Waals surface area contributed by atoms with Crippen LogP contribution in [0, 0.1) is 0 Å². The summed E-state index contributed by atoms with van der Waals surface area (Å²) in [6.07, 6.45) is 3.62. The van der Waals surface area contributed by atoms with E-state index in [1.807, 2.05) is 6.92 Å². The van der Waals surface area contributed by atoms with Crippen molar-refractivity contribution in [2.24, 2.45) is 0 Å². The van der Waals surface area contributed by atoms with Crippen LogP contribution in [0.5, 0.6) is 0 Å². The average molecular weight is 292 g/mol. The van der Waals surface area contributed by atoms with Gasteiger partial charge in [0.1, 0.15) is 15.6 Å². The van der Waals surface area contributed by atoms with Gasteiger partial charge in [0.2, 0.25) is 0 Å². The van der Waals surface area contributed by atoms with Gasteiger partial charge in [-0.1, -0.05) is 19.9 Å². The topological polar surface area (TPSA) is 69.7 Å². The highest BCUT2D eigenvalue weighted by molar-refractivity contribution is 7.90. The van der Waals surface area contributed by atoms with Gasteiger partial charge < -0.3 is 9.47 Å². The van der Waals surface area contributed by atoms with E-state index in [0.717, 1.165) is 19.1 Å². The van der Waals surface area contributed by atoms with Gasteiger partial charge in [-0.2, -0.15) is 0 Å². The summed E-state index contributed by atoms with van der Waals surface area (Å²) in [7, 11) is -1.55. The molecule has 0 saturated heterocycles. The monoisotopic (exact) mass is 292 g/mol. The molecule has 6 heteroatoms. The molecular formula is C13H24O5S. The lowest BCUT2D eigenvalue weighted by Crippen LogP contribution is -2.21. The largest absolute Gasteiger partial charge is 0.498 e. The predicted octanol–water partition coefficient (Wildman–Crippen LogP) is 2.07. The molecule has 0 N–H and O–H groups in total. The van der Waals surface area contributed by atoms with E-state index in [2.05, 4.69) is 6.58 Å². The van der Waals surface area contributed by atoms with E-state index in [4.69, 9.17) is 9.47 Å². The molecule has 0 saturated carbocycles. The summed E-state index contributed by atoms with van der Waals surface area (Å²) in [5, 5.41) is 0. The molecule has 0 heterocycles. The lowest BCUT2D eigenvalue weighted by atomic mass is 10.1. The van der Waals surface area contributed by atoms with Crippen molar-refractivity contribution < 1.29 is 22.7 Å². The Balaban J connectivity index is 4.19. The summed E-state index contributed by atoms with van der Waals surface area (Å²) in [5.74, 6) is 0.000290. The van der Waals surface area contributed by atoms with Crippen LogP contribution < -0.4 is 0 Å². The van der Waals surface area contributed by atoms with Crippen molar-refractivity contribution in [3.63, 3.8) is 0 Å². The number of ether oxygens (including phenoxy) is 2. The third-order valence-corrected chi connectivity index (χ3v) is 3.64. The quantitative estimate of drug-likeness (QED) is 0.455. The fraction of sp³-hybridized carbons (Fsp3) is 0.769. The molecule has 112 valence electrons. The Hall–Kier alpha value is -1.04. The first-order valence-electron chi connectivity index (χ1n) is 6.40. The number of carbonyl (C=O) groups is 1. The van der Waals surface area contributed by atoms with Gasteiger partial charge in [0.25, 0.3) is 0 Å². The molecule has 1 atom stereocenters. The van der Waals surface area contributed by atoms with Gasteiger partial charge in [-0.05, 0) is 19.3 Å². The number of methoxy groups -OCH3 is 1. The molecule has 0 bridgehead atoms. The maximum Gasteiger partial charge on any atom is 0.306 e. The van der Waals surface area contributed by atoms with E-state index in [1.54, 1.807) is 0 Å². The molecule has 0 aliphatic heterocycles. The van der Waals surface area contributed by atoms with Crippen molar-refractivity contribution >= 4 is 15.8 Å². The zero-order chi connectivity index (χ0) is 14.9. The second-order valence-corrected chi connectivity index (χ2v) is 6.78. The standard InChI is InChI=1S/C13H24O5S/c1-5-6-8-12(11(2)17-3)18-13(14)9-7-10-19(4,15)16/h12H,2,5-10H2,1,3-4H3. The van der Waals surface area contributed by atoms with Crippen LogP contribution in [0.4, 0.5) is 0 Å². The fourth-order valence-electron chi connectivity index (χ4n) is 1.50. The van der Waals surface area contributed by atoms with E-state index in [9.17, 15) is 13.2 Å². The van der Waals surface area contributed by atoms with Crippen LogP contribution in [-0.2, 0) is 24.1 Å². The lowest BCUT2D eigenvalue weighted by molar-refractivity contribution is -0.149. The van der Waals surface area contributed by atoms with Crippen molar-refractivity contribution in [1.82, 2.24) is 0 Å². The minimum atomic E-state index is -3.03. The third kappa shape index (κ3) is 9.53. The summed E-state index contributed by atoms with van der Waals surface area (Å²) >= 11 is 0. The number of unbranched alkanes of at least 4 members (excludes halogenated alkanes) is 1. The molecule has 1 unspecified atom stereocenters. The molecule has 0 aromatic heterocycles. The highest BCUT2D eigenvalue weighted by Crippen LogP contribution is 2.14. The molecular weight excluding hydrogens is 268 g/mol. The molecule has 0 rings (SSSR count). The second-order valence-electron chi connectivity index (χ2n) is 4.52. The summed E-state index contributed by atoms with van der Waals surface area (Å²) in [4.78, 5) is 11.6. The van der Waals surface area contributed by atoms with Crippen LogP contribution in [0.3, 0.4) is 0 Å². The van der Waals surface area contributed by atoms with Crippen LogP contribution in [0.2, 0.25) is 0 Å². The van der Waals surface area contributed by atoms with Crippen LogP contribution in [0.25, 0.3) is 0 Å². The van der Waals surface area contributed by atoms with E-state index in [0.29, 0.717) is 12.2 Å². The summed E-state index contributed by atoms with van der Waals surface area (Å²) < 4.78 is 32.2. The SMILES string of the molecule is C=C(OC)C(CCCC)OC(=O)CCCS(C)(=O)=O. The van der Waals surface area contributed by atoms with Crippen LogP contribution >= 0.6 is 0 Å². The molecule has 0 amide bonds. The summed E-state index contributed by atoms with van der Waals surface area (Å²) in [5.41, 5.74) is 0. The van der Waals surface area contributed by atoms with Crippen molar-refractivity contribution in [1.29, 1.82) is 0 Å². The molecule has 5 nitrogen and oxygen atoms in total. The van der Waals surface area contributed by atoms with Gasteiger partial charge in [0.15, 0.2) is 6.10 Å². The van der Waals surface area contributed by atoms with Crippen molar-refractivity contribution in [2.45, 2.75) is 45.1 Å². The van der Waals surface area contributed by atoms with E-state index < -0.39 is 21.9 Å². The van der Waals surface area contributed by atoms with Gasteiger partial charge in [0.05, 0.1) is 12.9 Å². The zero-order valence-corrected chi connectivity index (χ0v) is 12.8. The average Bonchev–Trinajstić information content (AvgIpc) is 2.31. The molecule has 0 radical (unpaired) electrons. The van der Waals surface area contributed by atoms with Gasteiger partial charge in [-0.3, -0.25) is 4.79 Å². The maximum atomic E-state index is 11.6. The van der Waals surface area contributed by atoms with Crippen molar-refractivity contribution in [2.75, 3.05) is 19.1 Å². The van der Waals surface area contributed by atoms with Crippen molar-refractivity contribution in [3.8, 4) is 0 Å². The Kier molecular flexibility index (Phi) is 8.47. The highest BCUT2D eigenvalue weighted by Gasteiger charge is 2.18. The van der Waals surface area contributed by atoms with Gasteiger partial charge in [0, 0.05) is 12.7 Å².